The number of carbonyl (C=O) groups is 1. The van der Waals surface area contributed by atoms with Gasteiger partial charge in [-0.3, -0.25) is 4.79 Å². The molecule has 0 fully saturated rings. The molecule has 0 aliphatic rings. The fourth-order valence-corrected chi connectivity index (χ4v) is 1.91. The number of Topliss-reactive ketones (excluding diaryl/α,β-unsaturated/α-hetero) is 1. The summed E-state index contributed by atoms with van der Waals surface area (Å²) >= 11 is 6.03. The number of hydrogen-bond acceptors (Lipinski definition) is 1. The van der Waals surface area contributed by atoms with Crippen LogP contribution < -0.4 is 0 Å². The van der Waals surface area contributed by atoms with Crippen molar-refractivity contribution in [3.05, 3.63) is 58.4 Å². The monoisotopic (exact) mass is 262 g/mol. The van der Waals surface area contributed by atoms with Gasteiger partial charge in [0, 0.05) is 16.1 Å². The van der Waals surface area contributed by atoms with Crippen LogP contribution >= 0.6 is 11.6 Å². The number of aryl methyl sites for hydroxylation is 1. The molecule has 92 valence electrons. The highest BCUT2D eigenvalue weighted by Gasteiger charge is 2.09. The SMILES string of the molecule is CC(=O)c1ccc(F)c(-c2ccc(C)c(Cl)c2)c1. The molecular formula is C15H12ClFO. The Hall–Kier alpha value is -1.67. The van der Waals surface area contributed by atoms with E-state index < -0.39 is 0 Å². The molecule has 0 bridgehead atoms. The molecule has 3 heteroatoms. The largest absolute Gasteiger partial charge is 0.295 e. The second-order valence-electron chi connectivity index (χ2n) is 4.21. The number of benzene rings is 2. The Morgan fingerprint density at radius 2 is 1.89 bits per heavy atom. The van der Waals surface area contributed by atoms with Crippen LogP contribution in [0.1, 0.15) is 22.8 Å². The van der Waals surface area contributed by atoms with Gasteiger partial charge in [0.05, 0.1) is 0 Å². The van der Waals surface area contributed by atoms with E-state index in [0.717, 1.165) is 5.56 Å². The zero-order valence-electron chi connectivity index (χ0n) is 10.1. The molecule has 0 aliphatic heterocycles. The van der Waals surface area contributed by atoms with Gasteiger partial charge in [0.15, 0.2) is 5.78 Å². The van der Waals surface area contributed by atoms with Crippen LogP contribution in [0.5, 0.6) is 0 Å². The topological polar surface area (TPSA) is 17.1 Å². The maximum absolute atomic E-state index is 13.8. The lowest BCUT2D eigenvalue weighted by molar-refractivity contribution is 0.101. The van der Waals surface area contributed by atoms with Gasteiger partial charge in [-0.25, -0.2) is 4.39 Å². The van der Waals surface area contributed by atoms with Gasteiger partial charge in [-0.05, 0) is 49.2 Å². The van der Waals surface area contributed by atoms with E-state index in [0.29, 0.717) is 21.7 Å². The van der Waals surface area contributed by atoms with Gasteiger partial charge in [0.25, 0.3) is 0 Å². The summed E-state index contributed by atoms with van der Waals surface area (Å²) in [4.78, 5) is 11.3. The van der Waals surface area contributed by atoms with Gasteiger partial charge in [-0.15, -0.1) is 0 Å². The van der Waals surface area contributed by atoms with Crippen LogP contribution in [0.3, 0.4) is 0 Å². The summed E-state index contributed by atoms with van der Waals surface area (Å²) in [6.45, 7) is 3.34. The lowest BCUT2D eigenvalue weighted by Crippen LogP contribution is -1.94. The molecule has 1 nitrogen and oxygen atoms in total. The van der Waals surface area contributed by atoms with Gasteiger partial charge in [-0.2, -0.15) is 0 Å². The molecule has 0 aliphatic carbocycles. The number of rotatable bonds is 2. The highest BCUT2D eigenvalue weighted by molar-refractivity contribution is 6.31. The number of ketones is 1. The molecule has 0 saturated carbocycles. The third-order valence-electron chi connectivity index (χ3n) is 2.86. The highest BCUT2D eigenvalue weighted by Crippen LogP contribution is 2.28. The lowest BCUT2D eigenvalue weighted by Gasteiger charge is -2.07. The molecular weight excluding hydrogens is 251 g/mol. The molecule has 2 aromatic carbocycles. The smallest absolute Gasteiger partial charge is 0.159 e. The van der Waals surface area contributed by atoms with Crippen molar-refractivity contribution in [3.8, 4) is 11.1 Å². The Bertz CT molecular complexity index is 620. The summed E-state index contributed by atoms with van der Waals surface area (Å²) < 4.78 is 13.8. The van der Waals surface area contributed by atoms with E-state index in [1.54, 1.807) is 18.2 Å². The summed E-state index contributed by atoms with van der Waals surface area (Å²) in [6.07, 6.45) is 0. The second kappa shape index (κ2) is 4.91. The van der Waals surface area contributed by atoms with Gasteiger partial charge in [-0.1, -0.05) is 23.7 Å². The first kappa shape index (κ1) is 12.8. The molecule has 0 unspecified atom stereocenters. The first-order valence-electron chi connectivity index (χ1n) is 5.56. The Kier molecular flexibility index (Phi) is 3.48. The second-order valence-corrected chi connectivity index (χ2v) is 4.62. The maximum Gasteiger partial charge on any atom is 0.159 e. The van der Waals surface area contributed by atoms with E-state index >= 15 is 0 Å². The van der Waals surface area contributed by atoms with Crippen molar-refractivity contribution >= 4 is 17.4 Å². The van der Waals surface area contributed by atoms with Crippen LogP contribution in [0.25, 0.3) is 11.1 Å². The van der Waals surface area contributed by atoms with Crippen molar-refractivity contribution in [1.82, 2.24) is 0 Å². The van der Waals surface area contributed by atoms with Crippen LogP contribution in [0, 0.1) is 12.7 Å². The quantitative estimate of drug-likeness (QED) is 0.720. The Balaban J connectivity index is 2.58. The molecule has 0 atom stereocenters. The van der Waals surface area contributed by atoms with E-state index in [1.165, 1.54) is 19.1 Å². The Morgan fingerprint density at radius 3 is 2.50 bits per heavy atom. The van der Waals surface area contributed by atoms with Crippen molar-refractivity contribution in [2.45, 2.75) is 13.8 Å². The van der Waals surface area contributed by atoms with Crippen molar-refractivity contribution < 1.29 is 9.18 Å². The predicted octanol–water partition coefficient (Wildman–Crippen LogP) is 4.66. The lowest BCUT2D eigenvalue weighted by atomic mass is 10.00. The molecule has 0 N–H and O–H groups in total. The van der Waals surface area contributed by atoms with Gasteiger partial charge >= 0.3 is 0 Å². The molecule has 0 saturated heterocycles. The summed E-state index contributed by atoms with van der Waals surface area (Å²) in [5.74, 6) is -0.450. The third-order valence-corrected chi connectivity index (χ3v) is 3.26. The first-order chi connectivity index (χ1) is 8.49. The fourth-order valence-electron chi connectivity index (χ4n) is 1.73. The molecule has 0 aromatic heterocycles. The van der Waals surface area contributed by atoms with Crippen LogP contribution in [0.2, 0.25) is 5.02 Å². The van der Waals surface area contributed by atoms with Crippen molar-refractivity contribution in [1.29, 1.82) is 0 Å². The third kappa shape index (κ3) is 2.44. The Morgan fingerprint density at radius 1 is 1.17 bits per heavy atom. The summed E-state index contributed by atoms with van der Waals surface area (Å²) in [5, 5.41) is 0.583. The average Bonchev–Trinajstić information content (AvgIpc) is 2.33. The number of halogens is 2. The molecule has 0 amide bonds. The zero-order chi connectivity index (χ0) is 13.3. The predicted molar refractivity (Wildman–Crippen MR) is 71.6 cm³/mol. The van der Waals surface area contributed by atoms with Crippen LogP contribution in [-0.4, -0.2) is 5.78 Å². The van der Waals surface area contributed by atoms with Crippen molar-refractivity contribution in [2.75, 3.05) is 0 Å². The highest BCUT2D eigenvalue weighted by atomic mass is 35.5. The first-order valence-corrected chi connectivity index (χ1v) is 5.94. The minimum absolute atomic E-state index is 0.0885. The minimum Gasteiger partial charge on any atom is -0.295 e. The normalized spacial score (nSPS) is 10.4. The standard InChI is InChI=1S/C15H12ClFO/c1-9-3-4-12(8-14(9)16)13-7-11(10(2)18)5-6-15(13)17/h3-8H,1-2H3. The Labute approximate surface area is 110 Å². The van der Waals surface area contributed by atoms with E-state index in [9.17, 15) is 9.18 Å². The molecule has 2 aromatic rings. The van der Waals surface area contributed by atoms with Crippen LogP contribution in [0.15, 0.2) is 36.4 Å². The number of hydrogen-bond donors (Lipinski definition) is 0. The van der Waals surface area contributed by atoms with E-state index in [1.807, 2.05) is 13.0 Å². The van der Waals surface area contributed by atoms with Gasteiger partial charge in [0.1, 0.15) is 5.82 Å². The van der Waals surface area contributed by atoms with Crippen LogP contribution in [-0.2, 0) is 0 Å². The molecule has 0 radical (unpaired) electrons. The minimum atomic E-state index is -0.361. The fraction of sp³-hybridized carbons (Fsp3) is 0.133. The molecule has 18 heavy (non-hydrogen) atoms. The molecule has 0 spiro atoms. The number of carbonyl (C=O) groups excluding carboxylic acids is 1. The van der Waals surface area contributed by atoms with Crippen molar-refractivity contribution in [2.24, 2.45) is 0 Å². The molecule has 2 rings (SSSR count). The zero-order valence-corrected chi connectivity index (χ0v) is 10.9. The van der Waals surface area contributed by atoms with Crippen LogP contribution in [0.4, 0.5) is 4.39 Å². The van der Waals surface area contributed by atoms with Crippen molar-refractivity contribution in [3.63, 3.8) is 0 Å². The maximum atomic E-state index is 13.8. The van der Waals surface area contributed by atoms with Gasteiger partial charge in [0.2, 0.25) is 0 Å². The molecule has 0 heterocycles. The average molecular weight is 263 g/mol. The summed E-state index contributed by atoms with van der Waals surface area (Å²) in [7, 11) is 0. The summed E-state index contributed by atoms with van der Waals surface area (Å²) in [5.41, 5.74) is 2.49. The van der Waals surface area contributed by atoms with E-state index in [4.69, 9.17) is 11.6 Å². The van der Waals surface area contributed by atoms with Gasteiger partial charge < -0.3 is 0 Å². The summed E-state index contributed by atoms with van der Waals surface area (Å²) in [6, 6.07) is 9.68. The van der Waals surface area contributed by atoms with E-state index in [2.05, 4.69) is 0 Å². The van der Waals surface area contributed by atoms with E-state index in [-0.39, 0.29) is 11.6 Å².